The van der Waals surface area contributed by atoms with E-state index >= 15 is 0 Å². The summed E-state index contributed by atoms with van der Waals surface area (Å²) in [7, 11) is 3.55. The number of nitrogens with zero attached hydrogens (tertiary/aromatic N) is 1. The smallest absolute Gasteiger partial charge is 0.325 e. The molecule has 0 amide bonds. The number of likely N-dealkylation sites (N-methyl/N-ethyl adjacent to an activating group) is 1. The highest BCUT2D eigenvalue weighted by Crippen LogP contribution is 2.38. The van der Waals surface area contributed by atoms with Gasteiger partial charge in [0.05, 0.1) is 7.11 Å². The van der Waals surface area contributed by atoms with Crippen LogP contribution in [0.3, 0.4) is 0 Å². The molecule has 1 aliphatic heterocycles. The van der Waals surface area contributed by atoms with Crippen LogP contribution in [0.2, 0.25) is 0 Å². The fourth-order valence-corrected chi connectivity index (χ4v) is 2.25. The van der Waals surface area contributed by atoms with E-state index < -0.39 is 12.0 Å². The van der Waals surface area contributed by atoms with Crippen molar-refractivity contribution in [1.29, 1.82) is 0 Å². The predicted molar refractivity (Wildman–Crippen MR) is 64.5 cm³/mol. The van der Waals surface area contributed by atoms with Crippen LogP contribution in [0.1, 0.15) is 17.2 Å². The molecule has 1 atom stereocenters. The molecule has 1 aliphatic rings. The van der Waals surface area contributed by atoms with E-state index in [0.29, 0.717) is 11.3 Å². The molecular formula is C12H16N2O3. The predicted octanol–water partition coefficient (Wildman–Crippen LogP) is 0.772. The lowest BCUT2D eigenvalue weighted by molar-refractivity contribution is -0.138. The number of hydrogen-bond acceptors (Lipinski definition) is 4. The number of anilines is 1. The molecule has 1 unspecified atom stereocenters. The van der Waals surface area contributed by atoms with E-state index in [2.05, 4.69) is 4.90 Å². The van der Waals surface area contributed by atoms with Gasteiger partial charge in [-0.1, -0.05) is 6.07 Å². The van der Waals surface area contributed by atoms with Crippen molar-refractivity contribution in [3.05, 3.63) is 23.3 Å². The summed E-state index contributed by atoms with van der Waals surface area (Å²) in [5.74, 6) is -0.434. The topological polar surface area (TPSA) is 75.8 Å². The van der Waals surface area contributed by atoms with Crippen LogP contribution in [0.5, 0.6) is 5.75 Å². The second-order valence-electron chi connectivity index (χ2n) is 4.17. The molecule has 0 saturated carbocycles. The fraction of sp³-hybridized carbons (Fsp3) is 0.417. The first-order valence-electron chi connectivity index (χ1n) is 5.45. The standard InChI is InChI=1S/C12H16N2O3/c1-14-6-5-7-9(14)4-3-8(11(7)17-2)10(13)12(15)16/h3-4,10H,5-6,13H2,1-2H3,(H,15,16). The maximum atomic E-state index is 10.9. The molecule has 1 heterocycles. The van der Waals surface area contributed by atoms with Gasteiger partial charge in [-0.2, -0.15) is 0 Å². The monoisotopic (exact) mass is 236 g/mol. The molecule has 3 N–H and O–H groups in total. The molecule has 0 radical (unpaired) electrons. The van der Waals surface area contributed by atoms with E-state index in [0.717, 1.165) is 24.2 Å². The summed E-state index contributed by atoms with van der Waals surface area (Å²) in [6, 6.07) is 2.60. The number of carboxylic acids is 1. The van der Waals surface area contributed by atoms with Gasteiger partial charge in [0.1, 0.15) is 11.8 Å². The van der Waals surface area contributed by atoms with Gasteiger partial charge in [-0.25, -0.2) is 0 Å². The molecule has 0 fully saturated rings. The number of methoxy groups -OCH3 is 1. The highest BCUT2D eigenvalue weighted by Gasteiger charge is 2.26. The number of ether oxygens (including phenoxy) is 1. The molecule has 1 aromatic rings. The second-order valence-corrected chi connectivity index (χ2v) is 4.17. The second kappa shape index (κ2) is 4.25. The van der Waals surface area contributed by atoms with Gasteiger partial charge in [-0.05, 0) is 12.5 Å². The van der Waals surface area contributed by atoms with Gasteiger partial charge >= 0.3 is 5.97 Å². The molecule has 0 saturated heterocycles. The molecule has 0 bridgehead atoms. The van der Waals surface area contributed by atoms with Crippen LogP contribution >= 0.6 is 0 Å². The number of benzene rings is 1. The van der Waals surface area contributed by atoms with Gasteiger partial charge in [0.25, 0.3) is 0 Å². The van der Waals surface area contributed by atoms with Crippen LogP contribution in [-0.2, 0) is 11.2 Å². The number of fused-ring (bicyclic) bond motifs is 1. The van der Waals surface area contributed by atoms with Crippen LogP contribution in [0.15, 0.2) is 12.1 Å². The molecule has 0 spiro atoms. The van der Waals surface area contributed by atoms with Gasteiger partial charge in [0, 0.05) is 30.4 Å². The Labute approximate surface area is 99.8 Å². The number of carbonyl (C=O) groups is 1. The molecule has 1 aromatic carbocycles. The first-order valence-corrected chi connectivity index (χ1v) is 5.45. The average molecular weight is 236 g/mol. The molecule has 2 rings (SSSR count). The SMILES string of the molecule is COc1c(C(N)C(=O)O)ccc2c1CCN2C. The van der Waals surface area contributed by atoms with Crippen molar-refractivity contribution in [2.45, 2.75) is 12.5 Å². The van der Waals surface area contributed by atoms with Crippen molar-refractivity contribution in [2.24, 2.45) is 5.73 Å². The normalized spacial score (nSPS) is 15.6. The Morgan fingerprint density at radius 2 is 2.29 bits per heavy atom. The van der Waals surface area contributed by atoms with E-state index in [4.69, 9.17) is 15.6 Å². The van der Waals surface area contributed by atoms with E-state index in [1.54, 1.807) is 13.2 Å². The summed E-state index contributed by atoms with van der Waals surface area (Å²) in [5, 5.41) is 8.96. The van der Waals surface area contributed by atoms with Gasteiger partial charge < -0.3 is 20.5 Å². The van der Waals surface area contributed by atoms with Gasteiger partial charge in [0.2, 0.25) is 0 Å². The molecule has 0 aliphatic carbocycles. The first-order chi connectivity index (χ1) is 8.06. The van der Waals surface area contributed by atoms with E-state index in [9.17, 15) is 4.79 Å². The Balaban J connectivity index is 2.53. The largest absolute Gasteiger partial charge is 0.496 e. The molecule has 5 heteroatoms. The summed E-state index contributed by atoms with van der Waals surface area (Å²) in [6.45, 7) is 0.914. The number of rotatable bonds is 3. The molecule has 0 aromatic heterocycles. The third-order valence-electron chi connectivity index (χ3n) is 3.18. The van der Waals surface area contributed by atoms with Gasteiger partial charge in [-0.15, -0.1) is 0 Å². The van der Waals surface area contributed by atoms with Crippen LogP contribution in [0.4, 0.5) is 5.69 Å². The van der Waals surface area contributed by atoms with Crippen molar-refractivity contribution in [3.63, 3.8) is 0 Å². The van der Waals surface area contributed by atoms with Gasteiger partial charge in [0.15, 0.2) is 0 Å². The Bertz CT molecular complexity index is 459. The molecule has 92 valence electrons. The van der Waals surface area contributed by atoms with Crippen molar-refractivity contribution < 1.29 is 14.6 Å². The van der Waals surface area contributed by atoms with Crippen molar-refractivity contribution in [2.75, 3.05) is 25.6 Å². The molecule has 5 nitrogen and oxygen atoms in total. The Kier molecular flexibility index (Phi) is 2.93. The van der Waals surface area contributed by atoms with Crippen LogP contribution in [-0.4, -0.2) is 31.8 Å². The summed E-state index contributed by atoms with van der Waals surface area (Å²) >= 11 is 0. The number of aliphatic carboxylic acids is 1. The lowest BCUT2D eigenvalue weighted by Gasteiger charge is -2.17. The van der Waals surface area contributed by atoms with E-state index in [-0.39, 0.29) is 0 Å². The minimum atomic E-state index is -1.05. The van der Waals surface area contributed by atoms with Crippen LogP contribution < -0.4 is 15.4 Å². The highest BCUT2D eigenvalue weighted by atomic mass is 16.5. The number of hydrogen-bond donors (Lipinski definition) is 2. The summed E-state index contributed by atoms with van der Waals surface area (Å²) in [5.41, 5.74) is 8.32. The van der Waals surface area contributed by atoms with Crippen LogP contribution in [0, 0.1) is 0 Å². The Morgan fingerprint density at radius 3 is 2.88 bits per heavy atom. The zero-order valence-corrected chi connectivity index (χ0v) is 9.93. The third-order valence-corrected chi connectivity index (χ3v) is 3.18. The fourth-order valence-electron chi connectivity index (χ4n) is 2.25. The Hall–Kier alpha value is -1.75. The third kappa shape index (κ3) is 1.82. The first kappa shape index (κ1) is 11.7. The van der Waals surface area contributed by atoms with E-state index in [1.165, 1.54) is 0 Å². The molecular weight excluding hydrogens is 220 g/mol. The Morgan fingerprint density at radius 1 is 1.59 bits per heavy atom. The highest BCUT2D eigenvalue weighted by molar-refractivity contribution is 5.78. The minimum Gasteiger partial charge on any atom is -0.496 e. The minimum absolute atomic E-state index is 0.536. The van der Waals surface area contributed by atoms with Crippen molar-refractivity contribution in [1.82, 2.24) is 0 Å². The zero-order valence-electron chi connectivity index (χ0n) is 9.93. The quantitative estimate of drug-likeness (QED) is 0.810. The van der Waals surface area contributed by atoms with Crippen molar-refractivity contribution in [3.8, 4) is 5.75 Å². The summed E-state index contributed by atoms with van der Waals surface area (Å²) < 4.78 is 5.34. The molecule has 17 heavy (non-hydrogen) atoms. The average Bonchev–Trinajstić information content (AvgIpc) is 2.69. The van der Waals surface area contributed by atoms with Crippen LogP contribution in [0.25, 0.3) is 0 Å². The number of nitrogens with two attached hydrogens (primary N) is 1. The maximum Gasteiger partial charge on any atom is 0.325 e. The zero-order chi connectivity index (χ0) is 12.6. The summed E-state index contributed by atoms with van der Waals surface area (Å²) in [6.07, 6.45) is 0.856. The maximum absolute atomic E-state index is 10.9. The van der Waals surface area contributed by atoms with Gasteiger partial charge in [-0.3, -0.25) is 4.79 Å². The number of carboxylic acid groups (broad SMARTS) is 1. The van der Waals surface area contributed by atoms with E-state index in [1.807, 2.05) is 13.1 Å². The lowest BCUT2D eigenvalue weighted by atomic mass is 10.0. The lowest BCUT2D eigenvalue weighted by Crippen LogP contribution is -2.21. The van der Waals surface area contributed by atoms with Crippen molar-refractivity contribution >= 4 is 11.7 Å². The summed E-state index contributed by atoms with van der Waals surface area (Å²) in [4.78, 5) is 13.1.